The van der Waals surface area contributed by atoms with Crippen LogP contribution in [0.1, 0.15) is 0 Å². The van der Waals surface area contributed by atoms with Gasteiger partial charge in [0.1, 0.15) is 5.82 Å². The normalized spacial score (nSPS) is 11.8. The molecule has 0 N–H and O–H groups in total. The van der Waals surface area contributed by atoms with Gasteiger partial charge in [-0.2, -0.15) is 0 Å². The molecule has 5 nitrogen and oxygen atoms in total. The minimum Gasteiger partial charge on any atom is -0.307 e. The molecule has 0 aliphatic rings. The molecule has 4 heterocycles. The Morgan fingerprint density at radius 3 is 1.74 bits per heavy atom. The maximum Gasteiger partial charge on any atom is 0.145 e. The molecule has 0 aliphatic heterocycles. The molecule has 0 atom stereocenters. The van der Waals surface area contributed by atoms with Crippen LogP contribution >= 0.6 is 0 Å². The minimum absolute atomic E-state index is 0.916. The molecule has 10 aromatic rings. The van der Waals surface area contributed by atoms with E-state index in [1.807, 2.05) is 24.4 Å². The molecule has 0 spiro atoms. The number of pyridine rings is 1. The molecule has 47 heavy (non-hydrogen) atoms. The summed E-state index contributed by atoms with van der Waals surface area (Å²) in [6.45, 7) is 0. The molecule has 10 rings (SSSR count). The highest BCUT2D eigenvalue weighted by Gasteiger charge is 2.22. The molecule has 0 radical (unpaired) electrons. The van der Waals surface area contributed by atoms with Gasteiger partial charge in [0.15, 0.2) is 0 Å². The smallest absolute Gasteiger partial charge is 0.145 e. The van der Waals surface area contributed by atoms with Crippen LogP contribution in [0.4, 0.5) is 0 Å². The van der Waals surface area contributed by atoms with Crippen molar-refractivity contribution in [3.8, 4) is 28.5 Å². The first kappa shape index (κ1) is 25.8. The first-order valence-corrected chi connectivity index (χ1v) is 15.9. The molecule has 0 fully saturated rings. The molecule has 0 saturated heterocycles. The van der Waals surface area contributed by atoms with Crippen molar-refractivity contribution in [2.45, 2.75) is 0 Å². The first-order valence-electron chi connectivity index (χ1n) is 15.9. The molecule has 4 aromatic heterocycles. The van der Waals surface area contributed by atoms with Crippen LogP contribution in [-0.2, 0) is 0 Å². The van der Waals surface area contributed by atoms with Crippen molar-refractivity contribution in [2.24, 2.45) is 0 Å². The van der Waals surface area contributed by atoms with Crippen molar-refractivity contribution in [1.82, 2.24) is 23.7 Å². The molecule has 0 bridgehead atoms. The van der Waals surface area contributed by atoms with Crippen molar-refractivity contribution in [3.63, 3.8) is 0 Å². The lowest BCUT2D eigenvalue weighted by Crippen LogP contribution is -2.00. The van der Waals surface area contributed by atoms with Gasteiger partial charge in [-0.25, -0.2) is 4.98 Å². The van der Waals surface area contributed by atoms with Gasteiger partial charge in [0, 0.05) is 45.0 Å². The summed E-state index contributed by atoms with van der Waals surface area (Å²) in [4.78, 5) is 10.0. The summed E-state index contributed by atoms with van der Waals surface area (Å²) in [5.41, 5.74) is 12.0. The lowest BCUT2D eigenvalue weighted by molar-refractivity contribution is 1.10. The Labute approximate surface area is 270 Å². The Morgan fingerprint density at radius 1 is 0.383 bits per heavy atom. The van der Waals surface area contributed by atoms with Crippen LogP contribution in [0.25, 0.3) is 83.2 Å². The van der Waals surface area contributed by atoms with Gasteiger partial charge in [0.05, 0.1) is 38.6 Å². The molecular weight excluding hydrogens is 574 g/mol. The van der Waals surface area contributed by atoms with E-state index in [0.717, 1.165) is 61.4 Å². The number of fused-ring (bicyclic) bond motifs is 8. The van der Waals surface area contributed by atoms with Gasteiger partial charge in [0.2, 0.25) is 0 Å². The zero-order chi connectivity index (χ0) is 30.9. The number of benzene rings is 6. The van der Waals surface area contributed by atoms with Crippen molar-refractivity contribution in [3.05, 3.63) is 164 Å². The van der Waals surface area contributed by atoms with E-state index in [1.54, 1.807) is 0 Å². The zero-order valence-corrected chi connectivity index (χ0v) is 25.3. The van der Waals surface area contributed by atoms with E-state index in [2.05, 4.69) is 153 Å². The predicted octanol–water partition coefficient (Wildman–Crippen LogP) is 10.3. The fraction of sp³-hybridized carbons (Fsp3) is 0. The molecular formula is C42H27N5. The SMILES string of the molecule is c1ccc(-n2c(-c3ccc(-n4c5cccnc5c5ccc6c7ccccc7n(-c7ccccc7)c6c54)cc3)nc3ccccc32)cc1. The summed E-state index contributed by atoms with van der Waals surface area (Å²) < 4.78 is 7.03. The van der Waals surface area contributed by atoms with E-state index >= 15 is 0 Å². The van der Waals surface area contributed by atoms with E-state index in [9.17, 15) is 0 Å². The van der Waals surface area contributed by atoms with Crippen LogP contribution in [0.15, 0.2) is 164 Å². The zero-order valence-electron chi connectivity index (χ0n) is 25.3. The fourth-order valence-corrected chi connectivity index (χ4v) is 7.29. The molecule has 6 aromatic carbocycles. The Kier molecular flexibility index (Phi) is 5.51. The van der Waals surface area contributed by atoms with Crippen molar-refractivity contribution in [2.75, 3.05) is 0 Å². The highest BCUT2D eigenvalue weighted by Crippen LogP contribution is 2.41. The minimum atomic E-state index is 0.916. The summed E-state index contributed by atoms with van der Waals surface area (Å²) in [6, 6.07) is 55.6. The van der Waals surface area contributed by atoms with Crippen LogP contribution < -0.4 is 0 Å². The van der Waals surface area contributed by atoms with Gasteiger partial charge in [0.25, 0.3) is 0 Å². The third-order valence-corrected chi connectivity index (χ3v) is 9.29. The van der Waals surface area contributed by atoms with E-state index in [1.165, 1.54) is 21.8 Å². The fourth-order valence-electron chi connectivity index (χ4n) is 7.29. The Balaban J connectivity index is 1.26. The van der Waals surface area contributed by atoms with E-state index in [0.29, 0.717) is 0 Å². The Hall–Kier alpha value is -6.46. The highest BCUT2D eigenvalue weighted by atomic mass is 15.1. The number of imidazole rings is 1. The number of nitrogens with zero attached hydrogens (tertiary/aromatic N) is 5. The number of hydrogen-bond acceptors (Lipinski definition) is 2. The Bertz CT molecular complexity index is 2770. The third-order valence-electron chi connectivity index (χ3n) is 9.29. The van der Waals surface area contributed by atoms with E-state index in [4.69, 9.17) is 9.97 Å². The van der Waals surface area contributed by atoms with Gasteiger partial charge >= 0.3 is 0 Å². The van der Waals surface area contributed by atoms with Crippen molar-refractivity contribution < 1.29 is 0 Å². The average molecular weight is 602 g/mol. The van der Waals surface area contributed by atoms with Crippen LogP contribution in [0.5, 0.6) is 0 Å². The standard InChI is InChI=1S/C42H27N5/c1-3-12-29(13-4-1)45-36-18-9-7-16-32(36)33-25-26-34-39-38(20-11-27-43-39)46(41(34)40(33)45)31-23-21-28(22-24-31)42-44-35-17-8-10-19-37(35)47(42)30-14-5-2-6-15-30/h1-27H. The topological polar surface area (TPSA) is 40.6 Å². The molecule has 0 aliphatic carbocycles. The van der Waals surface area contributed by atoms with E-state index in [-0.39, 0.29) is 0 Å². The predicted molar refractivity (Wildman–Crippen MR) is 193 cm³/mol. The van der Waals surface area contributed by atoms with Gasteiger partial charge in [-0.3, -0.25) is 9.55 Å². The quantitative estimate of drug-likeness (QED) is 0.201. The van der Waals surface area contributed by atoms with Crippen molar-refractivity contribution >= 4 is 54.8 Å². The summed E-state index contributed by atoms with van der Waals surface area (Å²) in [5.74, 6) is 0.916. The maximum atomic E-state index is 5.10. The van der Waals surface area contributed by atoms with Crippen molar-refractivity contribution in [1.29, 1.82) is 0 Å². The van der Waals surface area contributed by atoms with Gasteiger partial charge in [-0.05, 0) is 84.9 Å². The first-order chi connectivity index (χ1) is 23.3. The van der Waals surface area contributed by atoms with Crippen LogP contribution in [0, 0.1) is 0 Å². The lowest BCUT2D eigenvalue weighted by Gasteiger charge is -2.13. The maximum absolute atomic E-state index is 5.10. The second kappa shape index (κ2) is 10.0. The van der Waals surface area contributed by atoms with Crippen LogP contribution in [0.3, 0.4) is 0 Å². The summed E-state index contributed by atoms with van der Waals surface area (Å²) in [5, 5.41) is 3.57. The van der Waals surface area contributed by atoms with E-state index < -0.39 is 0 Å². The number of aromatic nitrogens is 5. The Morgan fingerprint density at radius 2 is 0.957 bits per heavy atom. The molecule has 5 heteroatoms. The molecule has 0 saturated carbocycles. The van der Waals surface area contributed by atoms with Crippen LogP contribution in [0.2, 0.25) is 0 Å². The summed E-state index contributed by atoms with van der Waals surface area (Å²) >= 11 is 0. The highest BCUT2D eigenvalue weighted by molar-refractivity contribution is 6.23. The van der Waals surface area contributed by atoms with Gasteiger partial charge in [-0.15, -0.1) is 0 Å². The molecule has 220 valence electrons. The van der Waals surface area contributed by atoms with Gasteiger partial charge < -0.3 is 9.13 Å². The molecule has 0 amide bonds. The summed E-state index contributed by atoms with van der Waals surface area (Å²) in [6.07, 6.45) is 1.89. The monoisotopic (exact) mass is 601 g/mol. The van der Waals surface area contributed by atoms with Crippen LogP contribution in [-0.4, -0.2) is 23.7 Å². The number of para-hydroxylation sites is 5. The second-order valence-electron chi connectivity index (χ2n) is 11.9. The summed E-state index contributed by atoms with van der Waals surface area (Å²) in [7, 11) is 0. The molecule has 0 unspecified atom stereocenters. The average Bonchev–Trinajstić information content (AvgIpc) is 3.81. The number of rotatable bonds is 4. The van der Waals surface area contributed by atoms with Gasteiger partial charge in [-0.1, -0.05) is 72.8 Å². The lowest BCUT2D eigenvalue weighted by atomic mass is 10.1. The second-order valence-corrected chi connectivity index (χ2v) is 11.9. The number of hydrogen-bond donors (Lipinski definition) is 0. The largest absolute Gasteiger partial charge is 0.307 e. The third kappa shape index (κ3) is 3.77.